The molecule has 0 aliphatic heterocycles. The maximum absolute atomic E-state index is 13.1. The minimum absolute atomic E-state index is 0.100. The second-order valence-corrected chi connectivity index (χ2v) is 31.7. The van der Waals surface area contributed by atoms with Gasteiger partial charge in [-0.1, -0.05) is 323 Å². The number of aliphatic hydroxyl groups is 1. The average Bonchev–Trinajstić information content (AvgIpc) is 1.04. The minimum Gasteiger partial charge on any atom is -0.462 e. The van der Waals surface area contributed by atoms with E-state index >= 15 is 0 Å². The predicted octanol–water partition coefficient (Wildman–Crippen LogP) is 22.5. The second kappa shape index (κ2) is 68.0. The third-order valence-electron chi connectivity index (χ3n) is 17.5. The molecule has 3 N–H and O–H groups in total. The molecular formula is C78H148O17P2. The van der Waals surface area contributed by atoms with Crippen LogP contribution in [0.25, 0.3) is 0 Å². The molecule has 0 amide bonds. The SMILES string of the molecule is CCCCCC/C=C\C=C/CCCCCCCC(=O)OC[C@H](COP(=O)(O)OC[C@@H](O)COP(=O)(O)OC[C@@H](COC(=O)CCCCCCCCCCC(C)C)OC(=O)CCCCCCCCCCCCCC(C)C)OC(=O)CCCCCCCCCCCCCCCCC(C)C. The highest BCUT2D eigenvalue weighted by atomic mass is 31.2. The number of allylic oxidation sites excluding steroid dienone is 4. The Morgan fingerprint density at radius 2 is 0.557 bits per heavy atom. The summed E-state index contributed by atoms with van der Waals surface area (Å²) in [6.45, 7) is 11.8. The molecular weight excluding hydrogens is 1270 g/mol. The van der Waals surface area contributed by atoms with Gasteiger partial charge in [-0.3, -0.25) is 37.3 Å². The van der Waals surface area contributed by atoms with Crippen LogP contribution >= 0.6 is 15.6 Å². The van der Waals surface area contributed by atoms with Crippen LogP contribution in [0.2, 0.25) is 0 Å². The Bertz CT molecular complexity index is 1980. The molecule has 0 saturated carbocycles. The van der Waals surface area contributed by atoms with E-state index in [4.69, 9.17) is 37.0 Å². The zero-order valence-corrected chi connectivity index (χ0v) is 64.8. The summed E-state index contributed by atoms with van der Waals surface area (Å²) in [6, 6.07) is 0. The minimum atomic E-state index is -4.97. The quantitative estimate of drug-likeness (QED) is 0.0169. The van der Waals surface area contributed by atoms with Crippen molar-refractivity contribution in [2.45, 2.75) is 394 Å². The molecule has 0 aromatic heterocycles. The maximum atomic E-state index is 13.1. The molecule has 0 bridgehead atoms. The van der Waals surface area contributed by atoms with Gasteiger partial charge in [0.15, 0.2) is 12.2 Å². The normalized spacial score (nSPS) is 14.2. The van der Waals surface area contributed by atoms with Crippen molar-refractivity contribution in [1.82, 2.24) is 0 Å². The molecule has 0 fully saturated rings. The fourth-order valence-corrected chi connectivity index (χ4v) is 13.0. The number of carbonyl (C=O) groups is 4. The number of hydrogen-bond acceptors (Lipinski definition) is 15. The summed E-state index contributed by atoms with van der Waals surface area (Å²) in [4.78, 5) is 72.9. The molecule has 0 aliphatic rings. The number of rotatable bonds is 74. The molecule has 17 nitrogen and oxygen atoms in total. The molecule has 5 atom stereocenters. The van der Waals surface area contributed by atoms with Crippen molar-refractivity contribution < 1.29 is 80.2 Å². The Morgan fingerprint density at radius 3 is 0.835 bits per heavy atom. The van der Waals surface area contributed by atoms with Gasteiger partial charge in [-0.25, -0.2) is 9.13 Å². The molecule has 2 unspecified atom stereocenters. The van der Waals surface area contributed by atoms with E-state index < -0.39 is 97.5 Å². The van der Waals surface area contributed by atoms with E-state index in [1.54, 1.807) is 0 Å². The lowest BCUT2D eigenvalue weighted by molar-refractivity contribution is -0.161. The third kappa shape index (κ3) is 71.7. The first-order chi connectivity index (χ1) is 46.7. The van der Waals surface area contributed by atoms with E-state index in [0.29, 0.717) is 25.7 Å². The summed E-state index contributed by atoms with van der Waals surface area (Å²) in [5, 5.41) is 10.6. The number of unbranched alkanes of at least 4 members (excludes halogenated alkanes) is 39. The summed E-state index contributed by atoms with van der Waals surface area (Å²) < 4.78 is 68.6. The maximum Gasteiger partial charge on any atom is 0.472 e. The zero-order valence-electron chi connectivity index (χ0n) is 63.0. The summed E-state index contributed by atoms with van der Waals surface area (Å²) in [7, 11) is -9.93. The van der Waals surface area contributed by atoms with Gasteiger partial charge in [-0.15, -0.1) is 0 Å². The molecule has 0 spiro atoms. The molecule has 0 radical (unpaired) electrons. The van der Waals surface area contributed by atoms with E-state index in [0.717, 1.165) is 127 Å². The summed E-state index contributed by atoms with van der Waals surface area (Å²) in [6.07, 6.45) is 57.7. The fraction of sp³-hybridized carbons (Fsp3) is 0.897. The number of esters is 4. The second-order valence-electron chi connectivity index (χ2n) is 28.8. The van der Waals surface area contributed by atoms with E-state index in [-0.39, 0.29) is 25.7 Å². The van der Waals surface area contributed by atoms with Gasteiger partial charge in [0.25, 0.3) is 0 Å². The van der Waals surface area contributed by atoms with Crippen molar-refractivity contribution in [3.63, 3.8) is 0 Å². The molecule has 0 heterocycles. The zero-order chi connectivity index (χ0) is 71.6. The Labute approximate surface area is 592 Å². The highest BCUT2D eigenvalue weighted by molar-refractivity contribution is 7.47. The van der Waals surface area contributed by atoms with Gasteiger partial charge >= 0.3 is 39.5 Å². The van der Waals surface area contributed by atoms with Crippen LogP contribution in [0.1, 0.15) is 376 Å². The Kier molecular flexibility index (Phi) is 66.3. The van der Waals surface area contributed by atoms with Crippen LogP contribution in [0.15, 0.2) is 24.3 Å². The summed E-state index contributed by atoms with van der Waals surface area (Å²) in [5.41, 5.74) is 0. The van der Waals surface area contributed by atoms with Crippen molar-refractivity contribution >= 4 is 39.5 Å². The molecule has 97 heavy (non-hydrogen) atoms. The van der Waals surface area contributed by atoms with E-state index in [2.05, 4.69) is 72.8 Å². The molecule has 0 aromatic rings. The largest absolute Gasteiger partial charge is 0.472 e. The van der Waals surface area contributed by atoms with Crippen molar-refractivity contribution in [2.75, 3.05) is 39.6 Å². The van der Waals surface area contributed by atoms with Crippen LogP contribution < -0.4 is 0 Å². The van der Waals surface area contributed by atoms with Crippen LogP contribution in [0.4, 0.5) is 0 Å². The topological polar surface area (TPSA) is 237 Å². The van der Waals surface area contributed by atoms with E-state index in [1.807, 2.05) is 0 Å². The van der Waals surface area contributed by atoms with Crippen molar-refractivity contribution in [3.05, 3.63) is 24.3 Å². The van der Waals surface area contributed by atoms with Gasteiger partial charge in [0.1, 0.15) is 19.3 Å². The number of hydrogen-bond donors (Lipinski definition) is 3. The number of phosphoric acid groups is 2. The number of phosphoric ester groups is 2. The van der Waals surface area contributed by atoms with Crippen LogP contribution in [0, 0.1) is 17.8 Å². The summed E-state index contributed by atoms with van der Waals surface area (Å²) in [5.74, 6) is 0.136. The molecule has 0 aromatic carbocycles. The van der Waals surface area contributed by atoms with Crippen LogP contribution in [-0.2, 0) is 65.4 Å². The lowest BCUT2D eigenvalue weighted by Gasteiger charge is -2.21. The van der Waals surface area contributed by atoms with Gasteiger partial charge in [-0.05, 0) is 69.1 Å². The van der Waals surface area contributed by atoms with Crippen molar-refractivity contribution in [3.8, 4) is 0 Å². The lowest BCUT2D eigenvalue weighted by Crippen LogP contribution is -2.30. The summed E-state index contributed by atoms with van der Waals surface area (Å²) >= 11 is 0. The smallest absolute Gasteiger partial charge is 0.462 e. The number of aliphatic hydroxyl groups excluding tert-OH is 1. The van der Waals surface area contributed by atoms with Gasteiger partial charge in [0.2, 0.25) is 0 Å². The molecule has 0 aliphatic carbocycles. The predicted molar refractivity (Wildman–Crippen MR) is 395 cm³/mol. The Hall–Kier alpha value is -2.46. The third-order valence-corrected chi connectivity index (χ3v) is 19.4. The Balaban J connectivity index is 5.30. The monoisotopic (exact) mass is 1420 g/mol. The number of carbonyl (C=O) groups excluding carboxylic acids is 4. The molecule has 572 valence electrons. The first-order valence-corrected chi connectivity index (χ1v) is 42.7. The highest BCUT2D eigenvalue weighted by Crippen LogP contribution is 2.45. The van der Waals surface area contributed by atoms with Gasteiger partial charge in [0, 0.05) is 25.7 Å². The van der Waals surface area contributed by atoms with Crippen LogP contribution in [0.5, 0.6) is 0 Å². The first-order valence-electron chi connectivity index (χ1n) is 39.7. The van der Waals surface area contributed by atoms with E-state index in [9.17, 15) is 43.2 Å². The molecule has 0 saturated heterocycles. The fourth-order valence-electron chi connectivity index (χ4n) is 11.4. The van der Waals surface area contributed by atoms with Gasteiger partial charge < -0.3 is 33.8 Å². The number of ether oxygens (including phenoxy) is 4. The highest BCUT2D eigenvalue weighted by Gasteiger charge is 2.30. The van der Waals surface area contributed by atoms with Crippen LogP contribution in [-0.4, -0.2) is 96.7 Å². The first kappa shape index (κ1) is 94.5. The Morgan fingerprint density at radius 1 is 0.320 bits per heavy atom. The van der Waals surface area contributed by atoms with Crippen molar-refractivity contribution in [2.24, 2.45) is 17.8 Å². The molecule has 0 rings (SSSR count). The van der Waals surface area contributed by atoms with Gasteiger partial charge in [-0.2, -0.15) is 0 Å². The molecule has 19 heteroatoms. The van der Waals surface area contributed by atoms with Gasteiger partial charge in [0.05, 0.1) is 26.4 Å². The standard InChI is InChI=1S/C78H148O17P2/c1-8-9-10-11-12-13-14-15-16-20-25-30-38-45-52-59-75(80)88-65-73(94-77(82)61-54-47-40-31-26-21-18-17-19-23-28-35-42-49-56-69(2)3)67-92-96(84,85)90-63-72(79)64-91-97(86,87)93-68-74(66-89-76(81)60-53-46-39-34-33-37-44-51-58-71(6)7)95-78(83)62-55-48-41-32-27-22-24-29-36-43-50-57-70(4)5/h13-16,69-74,79H,8-12,17-68H2,1-7H3,(H,84,85)(H,86,87)/b14-13-,16-15-/t72-,73-,74-/m1/s1. The van der Waals surface area contributed by atoms with Crippen LogP contribution in [0.3, 0.4) is 0 Å². The lowest BCUT2D eigenvalue weighted by atomic mass is 10.0. The van der Waals surface area contributed by atoms with E-state index in [1.165, 1.54) is 167 Å². The van der Waals surface area contributed by atoms with Crippen molar-refractivity contribution in [1.29, 1.82) is 0 Å². The average molecular weight is 1420 g/mol.